The summed E-state index contributed by atoms with van der Waals surface area (Å²) in [6, 6.07) is 7.75. The highest BCUT2D eigenvalue weighted by Gasteiger charge is 2.29. The average molecular weight is 401 g/mol. The van der Waals surface area contributed by atoms with Crippen molar-refractivity contribution in [1.29, 1.82) is 0 Å². The molecule has 5 heterocycles. The molecule has 152 valence electrons. The quantitative estimate of drug-likeness (QED) is 0.567. The number of piperidine rings is 1. The van der Waals surface area contributed by atoms with Crippen molar-refractivity contribution >= 4 is 16.9 Å². The van der Waals surface area contributed by atoms with Gasteiger partial charge < -0.3 is 4.90 Å². The molecule has 1 saturated heterocycles. The lowest BCUT2D eigenvalue weighted by Gasteiger charge is -2.38. The van der Waals surface area contributed by atoms with Crippen LogP contribution in [0.25, 0.3) is 28.2 Å². The van der Waals surface area contributed by atoms with E-state index in [1.807, 2.05) is 39.9 Å². The zero-order valence-corrected chi connectivity index (χ0v) is 17.0. The van der Waals surface area contributed by atoms with E-state index in [1.165, 1.54) is 6.33 Å². The van der Waals surface area contributed by atoms with E-state index in [0.29, 0.717) is 11.4 Å². The largest absolute Gasteiger partial charge is 0.338 e. The standard InChI is InChI=1S/C22H23N7O/c1-22(2)7-3-8-28(13-22)21(30)16-10-15-6-9-29(20(15)24-11-16)17-4-5-18(23-12-17)19-25-14-26-27-19/h4-6,9-12,14H,3,7-8,13H2,1-2H3,(H,25,26,27). The van der Waals surface area contributed by atoms with Crippen molar-refractivity contribution in [2.45, 2.75) is 26.7 Å². The molecule has 0 bridgehead atoms. The number of nitrogens with zero attached hydrogens (tertiary/aromatic N) is 6. The number of rotatable bonds is 3. The lowest BCUT2D eigenvalue weighted by atomic mass is 9.84. The number of aromatic amines is 1. The summed E-state index contributed by atoms with van der Waals surface area (Å²) in [5.74, 6) is 0.684. The van der Waals surface area contributed by atoms with Crippen molar-refractivity contribution in [2.75, 3.05) is 13.1 Å². The van der Waals surface area contributed by atoms with E-state index < -0.39 is 0 Å². The van der Waals surface area contributed by atoms with Gasteiger partial charge in [0.25, 0.3) is 5.91 Å². The van der Waals surface area contributed by atoms with E-state index in [0.717, 1.165) is 48.3 Å². The van der Waals surface area contributed by atoms with Crippen LogP contribution in [-0.4, -0.2) is 53.6 Å². The van der Waals surface area contributed by atoms with Crippen LogP contribution in [0.1, 0.15) is 37.0 Å². The zero-order valence-electron chi connectivity index (χ0n) is 17.0. The number of carbonyl (C=O) groups is 1. The lowest BCUT2D eigenvalue weighted by Crippen LogP contribution is -2.43. The van der Waals surface area contributed by atoms with Crippen molar-refractivity contribution in [1.82, 2.24) is 34.6 Å². The summed E-state index contributed by atoms with van der Waals surface area (Å²) in [6.45, 7) is 6.03. The van der Waals surface area contributed by atoms with Gasteiger partial charge in [-0.3, -0.25) is 19.4 Å². The molecule has 0 radical (unpaired) electrons. The number of pyridine rings is 2. The molecule has 1 N–H and O–H groups in total. The van der Waals surface area contributed by atoms with E-state index >= 15 is 0 Å². The fourth-order valence-corrected chi connectivity index (χ4v) is 4.13. The summed E-state index contributed by atoms with van der Waals surface area (Å²) in [4.78, 5) is 28.1. The van der Waals surface area contributed by atoms with Crippen LogP contribution in [0.5, 0.6) is 0 Å². The van der Waals surface area contributed by atoms with E-state index in [1.54, 1.807) is 12.4 Å². The molecule has 0 spiro atoms. The molecular formula is C22H23N7O. The van der Waals surface area contributed by atoms with Crippen LogP contribution in [0.4, 0.5) is 0 Å². The maximum atomic E-state index is 13.0. The third-order valence-corrected chi connectivity index (χ3v) is 5.64. The second kappa shape index (κ2) is 7.05. The second-order valence-electron chi connectivity index (χ2n) is 8.55. The second-order valence-corrected chi connectivity index (χ2v) is 8.55. The van der Waals surface area contributed by atoms with Crippen molar-refractivity contribution in [2.24, 2.45) is 5.41 Å². The van der Waals surface area contributed by atoms with Crippen LogP contribution in [0.2, 0.25) is 0 Å². The van der Waals surface area contributed by atoms with Crippen LogP contribution in [-0.2, 0) is 0 Å². The van der Waals surface area contributed by atoms with Gasteiger partial charge in [-0.25, -0.2) is 9.97 Å². The van der Waals surface area contributed by atoms with Crippen molar-refractivity contribution < 1.29 is 4.79 Å². The first kappa shape index (κ1) is 18.5. The van der Waals surface area contributed by atoms with Gasteiger partial charge in [0.1, 0.15) is 17.7 Å². The van der Waals surface area contributed by atoms with Crippen molar-refractivity contribution in [3.8, 4) is 17.2 Å². The van der Waals surface area contributed by atoms with Gasteiger partial charge in [-0.15, -0.1) is 0 Å². The summed E-state index contributed by atoms with van der Waals surface area (Å²) in [6.07, 6.45) is 9.05. The average Bonchev–Trinajstić information content (AvgIpc) is 3.42. The molecule has 30 heavy (non-hydrogen) atoms. The van der Waals surface area contributed by atoms with Crippen LogP contribution in [0, 0.1) is 5.41 Å². The molecule has 0 atom stereocenters. The Bertz CT molecular complexity index is 1190. The number of hydrogen-bond acceptors (Lipinski definition) is 5. The van der Waals surface area contributed by atoms with Gasteiger partial charge >= 0.3 is 0 Å². The van der Waals surface area contributed by atoms with E-state index in [4.69, 9.17) is 0 Å². The van der Waals surface area contributed by atoms with Crippen LogP contribution < -0.4 is 0 Å². The molecule has 0 saturated carbocycles. The minimum Gasteiger partial charge on any atom is -0.338 e. The monoisotopic (exact) mass is 401 g/mol. The van der Waals surface area contributed by atoms with E-state index in [2.05, 4.69) is 39.0 Å². The Labute approximate surface area is 174 Å². The highest BCUT2D eigenvalue weighted by Crippen LogP contribution is 2.29. The molecule has 1 aliphatic rings. The lowest BCUT2D eigenvalue weighted by molar-refractivity contribution is 0.0583. The van der Waals surface area contributed by atoms with Crippen LogP contribution in [0.3, 0.4) is 0 Å². The normalized spacial score (nSPS) is 16.1. The summed E-state index contributed by atoms with van der Waals surface area (Å²) in [5.41, 5.74) is 3.20. The molecular weight excluding hydrogens is 378 g/mol. The molecule has 8 nitrogen and oxygen atoms in total. The van der Waals surface area contributed by atoms with Gasteiger partial charge in [-0.1, -0.05) is 13.8 Å². The number of fused-ring (bicyclic) bond motifs is 1. The van der Waals surface area contributed by atoms with Crippen LogP contribution >= 0.6 is 0 Å². The summed E-state index contributed by atoms with van der Waals surface area (Å²) < 4.78 is 1.96. The fraction of sp³-hybridized carbons (Fsp3) is 0.318. The first-order valence-corrected chi connectivity index (χ1v) is 10.1. The summed E-state index contributed by atoms with van der Waals surface area (Å²) in [7, 11) is 0. The van der Waals surface area contributed by atoms with Gasteiger partial charge in [0.05, 0.1) is 17.4 Å². The SMILES string of the molecule is CC1(C)CCCN(C(=O)c2cnc3c(ccn3-c3ccc(-c4ncn[nH]4)nc3)c2)C1. The third-order valence-electron chi connectivity index (χ3n) is 5.64. The van der Waals surface area contributed by atoms with Gasteiger partial charge in [0.15, 0.2) is 5.82 Å². The smallest absolute Gasteiger partial charge is 0.255 e. The van der Waals surface area contributed by atoms with E-state index in [9.17, 15) is 4.79 Å². The van der Waals surface area contributed by atoms with Crippen molar-refractivity contribution in [3.63, 3.8) is 0 Å². The Hall–Kier alpha value is -3.55. The molecule has 8 heteroatoms. The molecule has 0 aliphatic carbocycles. The minimum atomic E-state index is 0.0583. The molecule has 5 rings (SSSR count). The fourth-order valence-electron chi connectivity index (χ4n) is 4.13. The van der Waals surface area contributed by atoms with E-state index in [-0.39, 0.29) is 11.3 Å². The number of H-pyrrole nitrogens is 1. The maximum Gasteiger partial charge on any atom is 0.255 e. The highest BCUT2D eigenvalue weighted by atomic mass is 16.2. The van der Waals surface area contributed by atoms with Crippen molar-refractivity contribution in [3.05, 3.63) is 54.7 Å². The predicted octanol–water partition coefficient (Wildman–Crippen LogP) is 3.47. The first-order valence-electron chi connectivity index (χ1n) is 10.1. The van der Waals surface area contributed by atoms with Gasteiger partial charge in [0, 0.05) is 30.9 Å². The number of likely N-dealkylation sites (tertiary alicyclic amines) is 1. The molecule has 1 fully saturated rings. The molecule has 0 unspecified atom stereocenters. The number of aromatic nitrogens is 6. The number of nitrogens with one attached hydrogen (secondary N) is 1. The molecule has 4 aromatic rings. The molecule has 1 aliphatic heterocycles. The summed E-state index contributed by atoms with van der Waals surface area (Å²) in [5, 5.41) is 7.59. The maximum absolute atomic E-state index is 13.0. The molecule has 0 aromatic carbocycles. The highest BCUT2D eigenvalue weighted by molar-refractivity contribution is 5.97. The number of hydrogen-bond donors (Lipinski definition) is 1. The van der Waals surface area contributed by atoms with Gasteiger partial charge in [-0.2, -0.15) is 5.10 Å². The molecule has 1 amide bonds. The minimum absolute atomic E-state index is 0.0583. The Morgan fingerprint density at radius 1 is 1.13 bits per heavy atom. The van der Waals surface area contributed by atoms with Gasteiger partial charge in [-0.05, 0) is 42.5 Å². The zero-order chi connectivity index (χ0) is 20.7. The Balaban J connectivity index is 1.42. The van der Waals surface area contributed by atoms with Crippen LogP contribution in [0.15, 0.2) is 49.2 Å². The number of amides is 1. The first-order chi connectivity index (χ1) is 14.5. The Morgan fingerprint density at radius 2 is 2.03 bits per heavy atom. The molecule has 4 aromatic heterocycles. The Morgan fingerprint density at radius 3 is 2.77 bits per heavy atom. The topological polar surface area (TPSA) is 92.6 Å². The summed E-state index contributed by atoms with van der Waals surface area (Å²) >= 11 is 0. The number of carbonyl (C=O) groups excluding carboxylic acids is 1. The predicted molar refractivity (Wildman–Crippen MR) is 113 cm³/mol. The Kier molecular flexibility index (Phi) is 4.34. The van der Waals surface area contributed by atoms with Gasteiger partial charge in [0.2, 0.25) is 0 Å². The third kappa shape index (κ3) is 3.34.